The molecule has 1 fully saturated rings. The summed E-state index contributed by atoms with van der Waals surface area (Å²) < 4.78 is 13.0. The zero-order valence-corrected chi connectivity index (χ0v) is 18.9. The van der Waals surface area contributed by atoms with Crippen molar-refractivity contribution in [1.82, 2.24) is 19.5 Å². The van der Waals surface area contributed by atoms with E-state index in [0.29, 0.717) is 35.9 Å². The number of amides is 1. The van der Waals surface area contributed by atoms with Gasteiger partial charge in [-0.1, -0.05) is 42.5 Å². The molecular formula is C26H26N4O3. The smallest absolute Gasteiger partial charge is 0.272 e. The number of hydrogen-bond donors (Lipinski definition) is 0. The van der Waals surface area contributed by atoms with Crippen molar-refractivity contribution in [3.8, 4) is 28.3 Å². The molecule has 2 atom stereocenters. The number of fused-ring (bicyclic) bond motifs is 1. The van der Waals surface area contributed by atoms with Gasteiger partial charge in [0.25, 0.3) is 5.91 Å². The quantitative estimate of drug-likeness (QED) is 0.471. The Morgan fingerprint density at radius 3 is 2.39 bits per heavy atom. The van der Waals surface area contributed by atoms with E-state index in [-0.39, 0.29) is 18.1 Å². The van der Waals surface area contributed by atoms with Gasteiger partial charge < -0.3 is 14.4 Å². The molecule has 7 heteroatoms. The van der Waals surface area contributed by atoms with Crippen molar-refractivity contribution in [3.05, 3.63) is 72.4 Å². The zero-order valence-electron chi connectivity index (χ0n) is 18.9. The highest BCUT2D eigenvalue weighted by atomic mass is 16.5. The minimum atomic E-state index is -0.0942. The van der Waals surface area contributed by atoms with Crippen LogP contribution < -0.4 is 4.74 Å². The molecule has 168 valence electrons. The number of morpholine rings is 1. The van der Waals surface area contributed by atoms with Gasteiger partial charge in [-0.2, -0.15) is 5.10 Å². The maximum absolute atomic E-state index is 13.7. The van der Waals surface area contributed by atoms with E-state index >= 15 is 0 Å². The minimum absolute atomic E-state index is 0.0267. The summed E-state index contributed by atoms with van der Waals surface area (Å²) in [6, 6.07) is 21.3. The van der Waals surface area contributed by atoms with Crippen LogP contribution in [0.25, 0.3) is 28.2 Å². The van der Waals surface area contributed by atoms with Crippen LogP contribution in [0.2, 0.25) is 0 Å². The molecule has 1 saturated heterocycles. The summed E-state index contributed by atoms with van der Waals surface area (Å²) in [5, 5.41) is 4.76. The molecular weight excluding hydrogens is 416 g/mol. The molecule has 0 bridgehead atoms. The number of carbonyl (C=O) groups excluding carboxylic acids is 1. The van der Waals surface area contributed by atoms with Crippen LogP contribution in [0.5, 0.6) is 5.75 Å². The molecule has 0 N–H and O–H groups in total. The molecule has 0 spiro atoms. The number of benzene rings is 2. The van der Waals surface area contributed by atoms with Gasteiger partial charge in [-0.25, -0.2) is 9.50 Å². The summed E-state index contributed by atoms with van der Waals surface area (Å²) in [6.45, 7) is 5.03. The lowest BCUT2D eigenvalue weighted by Gasteiger charge is -2.35. The van der Waals surface area contributed by atoms with E-state index in [2.05, 4.69) is 0 Å². The third kappa shape index (κ3) is 4.07. The largest absolute Gasteiger partial charge is 0.496 e. The van der Waals surface area contributed by atoms with Gasteiger partial charge in [0.2, 0.25) is 0 Å². The fraction of sp³-hybridized carbons (Fsp3) is 0.269. The molecule has 1 aliphatic heterocycles. The first kappa shape index (κ1) is 21.2. The van der Waals surface area contributed by atoms with Crippen molar-refractivity contribution in [2.75, 3.05) is 20.2 Å². The third-order valence-electron chi connectivity index (χ3n) is 5.81. The molecule has 2 unspecified atom stereocenters. The van der Waals surface area contributed by atoms with Gasteiger partial charge in [0, 0.05) is 30.3 Å². The first-order chi connectivity index (χ1) is 16.0. The SMILES string of the molecule is COc1ccccc1-c1cc(C(=O)N2CC(C)OC(C)C2)n2nc(-c3ccccc3)cc2n1. The summed E-state index contributed by atoms with van der Waals surface area (Å²) in [6.07, 6.45) is -0.0533. The molecule has 0 aliphatic carbocycles. The van der Waals surface area contributed by atoms with Crippen LogP contribution in [0.3, 0.4) is 0 Å². The average Bonchev–Trinajstić information content (AvgIpc) is 3.27. The van der Waals surface area contributed by atoms with E-state index in [1.54, 1.807) is 17.7 Å². The lowest BCUT2D eigenvalue weighted by Crippen LogP contribution is -2.48. The topological polar surface area (TPSA) is 69.0 Å². The molecule has 3 heterocycles. The molecule has 5 rings (SSSR count). The summed E-state index contributed by atoms with van der Waals surface area (Å²) in [5.41, 5.74) is 4.28. The number of nitrogens with zero attached hydrogens (tertiary/aromatic N) is 4. The van der Waals surface area contributed by atoms with E-state index < -0.39 is 0 Å². The van der Waals surface area contributed by atoms with Crippen molar-refractivity contribution >= 4 is 11.6 Å². The zero-order chi connectivity index (χ0) is 22.9. The molecule has 2 aromatic heterocycles. The highest BCUT2D eigenvalue weighted by Crippen LogP contribution is 2.31. The van der Waals surface area contributed by atoms with Crippen molar-refractivity contribution in [2.45, 2.75) is 26.1 Å². The summed E-state index contributed by atoms with van der Waals surface area (Å²) in [7, 11) is 1.63. The monoisotopic (exact) mass is 442 g/mol. The molecule has 2 aromatic carbocycles. The van der Waals surface area contributed by atoms with E-state index in [0.717, 1.165) is 16.8 Å². The number of hydrogen-bond acceptors (Lipinski definition) is 5. The van der Waals surface area contributed by atoms with Gasteiger partial charge in [-0.15, -0.1) is 0 Å². The molecule has 1 aliphatic rings. The van der Waals surface area contributed by atoms with Crippen LogP contribution in [-0.2, 0) is 4.74 Å². The number of aromatic nitrogens is 3. The summed E-state index contributed by atoms with van der Waals surface area (Å²) in [4.78, 5) is 20.4. The van der Waals surface area contributed by atoms with Crippen molar-refractivity contribution < 1.29 is 14.3 Å². The molecule has 7 nitrogen and oxygen atoms in total. The van der Waals surface area contributed by atoms with E-state index in [4.69, 9.17) is 19.6 Å². The van der Waals surface area contributed by atoms with Crippen molar-refractivity contribution in [2.24, 2.45) is 0 Å². The highest BCUT2D eigenvalue weighted by molar-refractivity contribution is 5.95. The second-order valence-electron chi connectivity index (χ2n) is 8.36. The number of methoxy groups -OCH3 is 1. The van der Waals surface area contributed by atoms with E-state index in [1.807, 2.05) is 79.4 Å². The van der Waals surface area contributed by atoms with Crippen LogP contribution >= 0.6 is 0 Å². The average molecular weight is 443 g/mol. The predicted octanol–water partition coefficient (Wildman–Crippen LogP) is 4.32. The number of carbonyl (C=O) groups is 1. The summed E-state index contributed by atoms with van der Waals surface area (Å²) >= 11 is 0. The van der Waals surface area contributed by atoms with E-state index in [9.17, 15) is 4.79 Å². The number of rotatable bonds is 4. The van der Waals surface area contributed by atoms with Crippen LogP contribution in [0.15, 0.2) is 66.7 Å². The molecule has 33 heavy (non-hydrogen) atoms. The molecule has 0 radical (unpaired) electrons. The van der Waals surface area contributed by atoms with Gasteiger partial charge in [0.1, 0.15) is 11.4 Å². The van der Waals surface area contributed by atoms with Crippen LogP contribution in [-0.4, -0.2) is 57.8 Å². The fourth-order valence-corrected chi connectivity index (χ4v) is 4.38. The van der Waals surface area contributed by atoms with Gasteiger partial charge in [-0.3, -0.25) is 4.79 Å². The predicted molar refractivity (Wildman–Crippen MR) is 126 cm³/mol. The Balaban J connectivity index is 1.68. The lowest BCUT2D eigenvalue weighted by molar-refractivity contribution is -0.0588. The van der Waals surface area contributed by atoms with Crippen LogP contribution in [0, 0.1) is 0 Å². The fourth-order valence-electron chi connectivity index (χ4n) is 4.38. The van der Waals surface area contributed by atoms with Crippen molar-refractivity contribution in [1.29, 1.82) is 0 Å². The summed E-state index contributed by atoms with van der Waals surface area (Å²) in [5.74, 6) is 0.604. The van der Waals surface area contributed by atoms with Gasteiger partial charge >= 0.3 is 0 Å². The highest BCUT2D eigenvalue weighted by Gasteiger charge is 2.29. The number of ether oxygens (including phenoxy) is 2. The van der Waals surface area contributed by atoms with E-state index in [1.165, 1.54) is 0 Å². The second-order valence-corrected chi connectivity index (χ2v) is 8.36. The Morgan fingerprint density at radius 2 is 1.67 bits per heavy atom. The van der Waals surface area contributed by atoms with Gasteiger partial charge in [-0.05, 0) is 32.0 Å². The number of para-hydroxylation sites is 1. The van der Waals surface area contributed by atoms with Crippen LogP contribution in [0.1, 0.15) is 24.3 Å². The van der Waals surface area contributed by atoms with Gasteiger partial charge in [0.05, 0.1) is 30.7 Å². The first-order valence-corrected chi connectivity index (χ1v) is 11.1. The Morgan fingerprint density at radius 1 is 0.970 bits per heavy atom. The maximum Gasteiger partial charge on any atom is 0.272 e. The Bertz CT molecular complexity index is 1290. The van der Waals surface area contributed by atoms with Crippen molar-refractivity contribution in [3.63, 3.8) is 0 Å². The Labute approximate surface area is 192 Å². The molecule has 1 amide bonds. The molecule has 0 saturated carbocycles. The lowest BCUT2D eigenvalue weighted by atomic mass is 10.1. The normalized spacial score (nSPS) is 18.5. The molecule has 4 aromatic rings. The Hall–Kier alpha value is -3.71. The maximum atomic E-state index is 13.7. The first-order valence-electron chi connectivity index (χ1n) is 11.1. The van der Waals surface area contributed by atoms with Crippen LogP contribution in [0.4, 0.5) is 0 Å². The second kappa shape index (κ2) is 8.67. The standard InChI is InChI=1S/C26H26N4O3/c1-17-15-29(16-18(2)33-17)26(31)23-13-22(20-11-7-8-12-24(20)32-3)27-25-14-21(28-30(23)25)19-9-5-4-6-10-19/h4-14,17-18H,15-16H2,1-3H3. The van der Waals surface area contributed by atoms with Gasteiger partial charge in [0.15, 0.2) is 5.65 Å². The third-order valence-corrected chi connectivity index (χ3v) is 5.81. The minimum Gasteiger partial charge on any atom is -0.496 e. The Kier molecular flexibility index (Phi) is 5.56.